The van der Waals surface area contributed by atoms with Gasteiger partial charge in [0.2, 0.25) is 0 Å². The molecule has 0 aliphatic heterocycles. The summed E-state index contributed by atoms with van der Waals surface area (Å²) in [5, 5.41) is 28.7. The lowest BCUT2D eigenvalue weighted by atomic mass is 9.69. The van der Waals surface area contributed by atoms with E-state index in [0.717, 1.165) is 18.6 Å². The number of ether oxygens (including phenoxy) is 1. The third-order valence-corrected chi connectivity index (χ3v) is 5.87. The SMILES string of the molecule is CC1(C)C2CCC1(COC(=O)c1c(O)cc(O)cc1O)C(=O)C2. The molecule has 1 aromatic carbocycles. The molecule has 2 saturated carbocycles. The number of carbonyl (C=O) groups excluding carboxylic acids is 2. The zero-order valence-corrected chi connectivity index (χ0v) is 13.1. The van der Waals surface area contributed by atoms with Gasteiger partial charge in [-0.15, -0.1) is 0 Å². The summed E-state index contributed by atoms with van der Waals surface area (Å²) in [6, 6.07) is 1.90. The largest absolute Gasteiger partial charge is 0.508 e. The molecule has 0 saturated heterocycles. The lowest BCUT2D eigenvalue weighted by Crippen LogP contribution is -2.41. The number of carbonyl (C=O) groups is 2. The van der Waals surface area contributed by atoms with Crippen LogP contribution in [0.5, 0.6) is 17.2 Å². The molecule has 0 radical (unpaired) electrons. The maximum absolute atomic E-state index is 12.4. The van der Waals surface area contributed by atoms with Crippen LogP contribution in [-0.4, -0.2) is 33.7 Å². The Labute approximate surface area is 133 Å². The zero-order valence-electron chi connectivity index (χ0n) is 13.1. The summed E-state index contributed by atoms with van der Waals surface area (Å²) in [4.78, 5) is 24.6. The summed E-state index contributed by atoms with van der Waals surface area (Å²) in [5.41, 5.74) is -1.32. The summed E-state index contributed by atoms with van der Waals surface area (Å²) >= 11 is 0. The molecule has 3 rings (SSSR count). The lowest BCUT2D eigenvalue weighted by molar-refractivity contribution is -0.132. The van der Waals surface area contributed by atoms with E-state index in [1.165, 1.54) is 0 Å². The van der Waals surface area contributed by atoms with Gasteiger partial charge < -0.3 is 20.1 Å². The smallest absolute Gasteiger partial charge is 0.345 e. The maximum Gasteiger partial charge on any atom is 0.345 e. The maximum atomic E-state index is 12.4. The van der Waals surface area contributed by atoms with Crippen molar-refractivity contribution in [1.29, 1.82) is 0 Å². The topological polar surface area (TPSA) is 104 Å². The second-order valence-electron chi connectivity index (χ2n) is 7.10. The molecule has 2 aliphatic rings. The molecule has 2 aliphatic carbocycles. The highest BCUT2D eigenvalue weighted by Crippen LogP contribution is 2.63. The molecule has 3 N–H and O–H groups in total. The molecular formula is C17H20O6. The summed E-state index contributed by atoms with van der Waals surface area (Å²) in [6.45, 7) is 3.99. The molecule has 124 valence electrons. The summed E-state index contributed by atoms with van der Waals surface area (Å²) in [7, 11) is 0. The van der Waals surface area contributed by atoms with Gasteiger partial charge in [-0.2, -0.15) is 0 Å². The van der Waals surface area contributed by atoms with Crippen molar-refractivity contribution in [2.24, 2.45) is 16.7 Å². The number of hydrogen-bond donors (Lipinski definition) is 3. The number of aromatic hydroxyl groups is 3. The Morgan fingerprint density at radius 1 is 1.26 bits per heavy atom. The number of phenolic OH excluding ortho intramolecular Hbond substituents is 3. The monoisotopic (exact) mass is 320 g/mol. The van der Waals surface area contributed by atoms with Crippen LogP contribution in [-0.2, 0) is 9.53 Å². The van der Waals surface area contributed by atoms with E-state index in [0.29, 0.717) is 18.8 Å². The number of Topliss-reactive ketones (excluding diaryl/α,β-unsaturated/α-hetero) is 1. The Kier molecular flexibility index (Phi) is 3.32. The molecule has 6 nitrogen and oxygen atoms in total. The molecule has 2 unspecified atom stereocenters. The highest BCUT2D eigenvalue weighted by atomic mass is 16.5. The van der Waals surface area contributed by atoms with E-state index in [9.17, 15) is 24.9 Å². The van der Waals surface area contributed by atoms with Gasteiger partial charge in [-0.1, -0.05) is 13.8 Å². The van der Waals surface area contributed by atoms with Crippen LogP contribution in [0.2, 0.25) is 0 Å². The number of ketones is 1. The molecule has 0 aromatic heterocycles. The minimum absolute atomic E-state index is 0.0616. The van der Waals surface area contributed by atoms with Crippen molar-refractivity contribution >= 4 is 11.8 Å². The first-order valence-electron chi connectivity index (χ1n) is 7.64. The molecule has 0 spiro atoms. The van der Waals surface area contributed by atoms with Gasteiger partial charge in [-0.05, 0) is 24.2 Å². The zero-order chi connectivity index (χ0) is 17.0. The third-order valence-electron chi connectivity index (χ3n) is 5.87. The number of hydrogen-bond acceptors (Lipinski definition) is 6. The van der Waals surface area contributed by atoms with E-state index in [2.05, 4.69) is 0 Å². The average molecular weight is 320 g/mol. The fourth-order valence-electron chi connectivity index (χ4n) is 4.18. The Morgan fingerprint density at radius 3 is 2.35 bits per heavy atom. The first-order chi connectivity index (χ1) is 10.7. The molecular weight excluding hydrogens is 300 g/mol. The lowest BCUT2D eigenvalue weighted by Gasteiger charge is -2.35. The van der Waals surface area contributed by atoms with Crippen LogP contribution in [0.4, 0.5) is 0 Å². The number of phenols is 3. The minimum Gasteiger partial charge on any atom is -0.508 e. The molecule has 0 heterocycles. The summed E-state index contributed by atoms with van der Waals surface area (Å²) < 4.78 is 5.28. The highest BCUT2D eigenvalue weighted by molar-refractivity contribution is 5.96. The Morgan fingerprint density at radius 2 is 1.87 bits per heavy atom. The predicted molar refractivity (Wildman–Crippen MR) is 80.3 cm³/mol. The fourth-order valence-corrected chi connectivity index (χ4v) is 4.18. The Hall–Kier alpha value is -2.24. The van der Waals surface area contributed by atoms with E-state index < -0.39 is 28.4 Å². The first-order valence-corrected chi connectivity index (χ1v) is 7.64. The van der Waals surface area contributed by atoms with Crippen LogP contribution in [0, 0.1) is 16.7 Å². The first kappa shape index (κ1) is 15.6. The van der Waals surface area contributed by atoms with E-state index in [-0.39, 0.29) is 23.6 Å². The molecule has 2 atom stereocenters. The fraction of sp³-hybridized carbons (Fsp3) is 0.529. The van der Waals surface area contributed by atoms with Crippen LogP contribution in [0.1, 0.15) is 43.5 Å². The molecule has 1 aromatic rings. The van der Waals surface area contributed by atoms with Gasteiger partial charge in [0.05, 0.1) is 5.41 Å². The van der Waals surface area contributed by atoms with Crippen LogP contribution in [0.3, 0.4) is 0 Å². The van der Waals surface area contributed by atoms with Crippen molar-refractivity contribution < 1.29 is 29.6 Å². The molecule has 6 heteroatoms. The van der Waals surface area contributed by atoms with Crippen molar-refractivity contribution in [3.63, 3.8) is 0 Å². The number of fused-ring (bicyclic) bond motifs is 2. The quantitative estimate of drug-likeness (QED) is 0.739. The van der Waals surface area contributed by atoms with Crippen LogP contribution >= 0.6 is 0 Å². The predicted octanol–water partition coefficient (Wildman–Crippen LogP) is 2.36. The number of benzene rings is 1. The average Bonchev–Trinajstić information content (AvgIpc) is 2.78. The number of rotatable bonds is 3. The van der Waals surface area contributed by atoms with Gasteiger partial charge in [0, 0.05) is 18.6 Å². The van der Waals surface area contributed by atoms with Gasteiger partial charge in [-0.3, -0.25) is 4.79 Å². The molecule has 2 fully saturated rings. The van der Waals surface area contributed by atoms with Gasteiger partial charge >= 0.3 is 5.97 Å². The van der Waals surface area contributed by atoms with Crippen molar-refractivity contribution in [1.82, 2.24) is 0 Å². The van der Waals surface area contributed by atoms with Crippen molar-refractivity contribution in [2.75, 3.05) is 6.61 Å². The van der Waals surface area contributed by atoms with Gasteiger partial charge in [0.25, 0.3) is 0 Å². The second kappa shape index (κ2) is 4.88. The van der Waals surface area contributed by atoms with Gasteiger partial charge in [0.15, 0.2) is 0 Å². The summed E-state index contributed by atoms with van der Waals surface area (Å²) in [5.74, 6) is -1.97. The second-order valence-corrected chi connectivity index (χ2v) is 7.10. The summed E-state index contributed by atoms with van der Waals surface area (Å²) in [6.07, 6.45) is 2.14. The Balaban J connectivity index is 1.82. The van der Waals surface area contributed by atoms with Crippen LogP contribution < -0.4 is 0 Å². The van der Waals surface area contributed by atoms with Gasteiger partial charge in [0.1, 0.15) is 35.2 Å². The van der Waals surface area contributed by atoms with E-state index in [4.69, 9.17) is 4.74 Å². The van der Waals surface area contributed by atoms with Crippen molar-refractivity contribution in [3.05, 3.63) is 17.7 Å². The van der Waals surface area contributed by atoms with E-state index >= 15 is 0 Å². The van der Waals surface area contributed by atoms with E-state index in [1.807, 2.05) is 13.8 Å². The molecule has 2 bridgehead atoms. The third kappa shape index (κ3) is 2.08. The van der Waals surface area contributed by atoms with E-state index in [1.54, 1.807) is 0 Å². The van der Waals surface area contributed by atoms with Crippen LogP contribution in [0.15, 0.2) is 12.1 Å². The molecule has 0 amide bonds. The minimum atomic E-state index is -0.909. The normalized spacial score (nSPS) is 28.1. The van der Waals surface area contributed by atoms with Crippen LogP contribution in [0.25, 0.3) is 0 Å². The van der Waals surface area contributed by atoms with Gasteiger partial charge in [-0.25, -0.2) is 4.79 Å². The Bertz CT molecular complexity index is 669. The van der Waals surface area contributed by atoms with Crippen molar-refractivity contribution in [3.8, 4) is 17.2 Å². The highest BCUT2D eigenvalue weighted by Gasteiger charge is 2.64. The molecule has 23 heavy (non-hydrogen) atoms. The van der Waals surface area contributed by atoms with Crippen molar-refractivity contribution in [2.45, 2.75) is 33.1 Å². The standard InChI is InChI=1S/C17H20O6/c1-16(2)9-3-4-17(16,13(21)5-9)8-23-15(22)14-11(19)6-10(18)7-12(14)20/h6-7,9,18-20H,3-5,8H2,1-2H3. The number of esters is 1.